The van der Waals surface area contributed by atoms with Crippen LogP contribution in [0.3, 0.4) is 0 Å². The zero-order valence-corrected chi connectivity index (χ0v) is 11.4. The van der Waals surface area contributed by atoms with Crippen LogP contribution in [0, 0.1) is 6.92 Å². The number of hydrogen-bond acceptors (Lipinski definition) is 2. The maximum Gasteiger partial charge on any atom is 0.195 e. The molecule has 3 nitrogen and oxygen atoms in total. The van der Waals surface area contributed by atoms with E-state index in [0.717, 1.165) is 10.9 Å². The molecule has 2 aromatic carbocycles. The number of methoxy groups -OCH3 is 1. The van der Waals surface area contributed by atoms with Crippen molar-refractivity contribution in [1.82, 2.24) is 4.98 Å². The number of ketones is 1. The van der Waals surface area contributed by atoms with E-state index in [4.69, 9.17) is 4.74 Å². The molecular weight excluding hydrogens is 250 g/mol. The summed E-state index contributed by atoms with van der Waals surface area (Å²) in [6, 6.07) is 13.2. The van der Waals surface area contributed by atoms with Gasteiger partial charge in [-0.05, 0) is 30.7 Å². The summed E-state index contributed by atoms with van der Waals surface area (Å²) in [7, 11) is 1.60. The molecule has 20 heavy (non-hydrogen) atoms. The summed E-state index contributed by atoms with van der Waals surface area (Å²) in [4.78, 5) is 15.8. The lowest BCUT2D eigenvalue weighted by atomic mass is 10.0. The van der Waals surface area contributed by atoms with Gasteiger partial charge in [-0.1, -0.05) is 24.3 Å². The van der Waals surface area contributed by atoms with Crippen LogP contribution in [0.4, 0.5) is 0 Å². The fourth-order valence-corrected chi connectivity index (χ4v) is 2.35. The lowest BCUT2D eigenvalue weighted by Gasteiger charge is -2.03. The molecule has 1 heterocycles. The number of nitrogens with one attached hydrogen (secondary N) is 1. The number of carbonyl (C=O) groups excluding carboxylic acids is 1. The Bertz CT molecular complexity index is 787. The van der Waals surface area contributed by atoms with E-state index in [1.54, 1.807) is 25.4 Å². The van der Waals surface area contributed by atoms with Gasteiger partial charge in [0, 0.05) is 28.2 Å². The largest absolute Gasteiger partial charge is 0.497 e. The number of aryl methyl sites for hydroxylation is 1. The van der Waals surface area contributed by atoms with E-state index in [2.05, 4.69) is 4.98 Å². The average Bonchev–Trinajstić information content (AvgIpc) is 2.89. The Balaban J connectivity index is 2.08. The van der Waals surface area contributed by atoms with Crippen LogP contribution in [0.15, 0.2) is 48.7 Å². The molecule has 0 saturated carbocycles. The Morgan fingerprint density at radius 1 is 1.15 bits per heavy atom. The van der Waals surface area contributed by atoms with Gasteiger partial charge < -0.3 is 9.72 Å². The van der Waals surface area contributed by atoms with Crippen LogP contribution < -0.4 is 4.74 Å². The zero-order chi connectivity index (χ0) is 14.1. The molecule has 100 valence electrons. The van der Waals surface area contributed by atoms with Crippen molar-refractivity contribution in [3.05, 3.63) is 65.4 Å². The first-order valence-electron chi connectivity index (χ1n) is 6.45. The van der Waals surface area contributed by atoms with E-state index >= 15 is 0 Å². The third-order valence-electron chi connectivity index (χ3n) is 3.41. The van der Waals surface area contributed by atoms with Gasteiger partial charge in [0.15, 0.2) is 5.78 Å². The van der Waals surface area contributed by atoms with Crippen LogP contribution in [0.5, 0.6) is 5.75 Å². The molecule has 0 amide bonds. The third-order valence-corrected chi connectivity index (χ3v) is 3.41. The van der Waals surface area contributed by atoms with Crippen LogP contribution in [-0.2, 0) is 0 Å². The first-order chi connectivity index (χ1) is 9.69. The summed E-state index contributed by atoms with van der Waals surface area (Å²) in [5.41, 5.74) is 3.47. The Morgan fingerprint density at radius 3 is 2.80 bits per heavy atom. The van der Waals surface area contributed by atoms with Gasteiger partial charge in [0.05, 0.1) is 7.11 Å². The maximum absolute atomic E-state index is 12.6. The molecule has 0 unspecified atom stereocenters. The van der Waals surface area contributed by atoms with E-state index in [0.29, 0.717) is 16.9 Å². The van der Waals surface area contributed by atoms with Gasteiger partial charge >= 0.3 is 0 Å². The molecule has 0 spiro atoms. The maximum atomic E-state index is 12.6. The predicted molar refractivity (Wildman–Crippen MR) is 79.5 cm³/mol. The fourth-order valence-electron chi connectivity index (χ4n) is 2.35. The van der Waals surface area contributed by atoms with Crippen LogP contribution >= 0.6 is 0 Å². The number of carbonyl (C=O) groups is 1. The topological polar surface area (TPSA) is 42.1 Å². The van der Waals surface area contributed by atoms with E-state index in [-0.39, 0.29) is 5.78 Å². The summed E-state index contributed by atoms with van der Waals surface area (Å²) < 4.78 is 5.17. The highest BCUT2D eigenvalue weighted by atomic mass is 16.5. The van der Waals surface area contributed by atoms with Gasteiger partial charge in [0.1, 0.15) is 5.75 Å². The van der Waals surface area contributed by atoms with E-state index in [1.807, 2.05) is 37.3 Å². The summed E-state index contributed by atoms with van der Waals surface area (Å²) in [5.74, 6) is 0.686. The van der Waals surface area contributed by atoms with Crippen LogP contribution in [0.25, 0.3) is 10.9 Å². The lowest BCUT2D eigenvalue weighted by Crippen LogP contribution is -2.00. The van der Waals surface area contributed by atoms with Gasteiger partial charge in [-0.2, -0.15) is 0 Å². The minimum atomic E-state index is -0.000923. The second-order valence-corrected chi connectivity index (χ2v) is 4.81. The molecule has 0 aliphatic carbocycles. The molecule has 0 fully saturated rings. The van der Waals surface area contributed by atoms with Crippen molar-refractivity contribution in [1.29, 1.82) is 0 Å². The quantitative estimate of drug-likeness (QED) is 0.733. The minimum Gasteiger partial charge on any atom is -0.497 e. The number of H-pyrrole nitrogens is 1. The molecule has 3 aromatic rings. The van der Waals surface area contributed by atoms with Crippen LogP contribution in [0.1, 0.15) is 21.5 Å². The van der Waals surface area contributed by atoms with Gasteiger partial charge in [-0.15, -0.1) is 0 Å². The van der Waals surface area contributed by atoms with Crippen molar-refractivity contribution in [2.24, 2.45) is 0 Å². The van der Waals surface area contributed by atoms with E-state index in [1.165, 1.54) is 5.56 Å². The highest BCUT2D eigenvalue weighted by Gasteiger charge is 2.14. The summed E-state index contributed by atoms with van der Waals surface area (Å²) in [5, 5.41) is 0.948. The molecule has 3 heteroatoms. The van der Waals surface area contributed by atoms with Crippen molar-refractivity contribution < 1.29 is 9.53 Å². The standard InChI is InChI=1S/C17H15NO2/c1-11-6-7-14-15(10-18-16(14)8-11)17(19)12-4-3-5-13(9-12)20-2/h3-10,18H,1-2H3. The summed E-state index contributed by atoms with van der Waals surface area (Å²) >= 11 is 0. The molecule has 0 radical (unpaired) electrons. The van der Waals surface area contributed by atoms with Gasteiger partial charge in [-0.3, -0.25) is 4.79 Å². The highest BCUT2D eigenvalue weighted by molar-refractivity contribution is 6.16. The van der Waals surface area contributed by atoms with E-state index in [9.17, 15) is 4.79 Å². The Hall–Kier alpha value is -2.55. The Labute approximate surface area is 117 Å². The van der Waals surface area contributed by atoms with Crippen molar-refractivity contribution in [3.63, 3.8) is 0 Å². The summed E-state index contributed by atoms with van der Waals surface area (Å²) in [6.07, 6.45) is 1.77. The highest BCUT2D eigenvalue weighted by Crippen LogP contribution is 2.23. The first kappa shape index (κ1) is 12.5. The number of hydrogen-bond donors (Lipinski definition) is 1. The molecule has 1 N–H and O–H groups in total. The monoisotopic (exact) mass is 265 g/mol. The molecule has 0 aliphatic rings. The predicted octanol–water partition coefficient (Wildman–Crippen LogP) is 3.72. The second-order valence-electron chi connectivity index (χ2n) is 4.81. The Morgan fingerprint density at radius 2 is 2.00 bits per heavy atom. The van der Waals surface area contributed by atoms with Gasteiger partial charge in [0.2, 0.25) is 0 Å². The molecule has 0 atom stereocenters. The SMILES string of the molecule is COc1cccc(C(=O)c2c[nH]c3cc(C)ccc23)c1. The van der Waals surface area contributed by atoms with Crippen molar-refractivity contribution >= 4 is 16.7 Å². The molecular formula is C17H15NO2. The zero-order valence-electron chi connectivity index (χ0n) is 11.4. The number of rotatable bonds is 3. The van der Waals surface area contributed by atoms with Crippen molar-refractivity contribution in [3.8, 4) is 5.75 Å². The lowest BCUT2D eigenvalue weighted by molar-refractivity contribution is 0.104. The molecule has 3 rings (SSSR count). The fraction of sp³-hybridized carbons (Fsp3) is 0.118. The second kappa shape index (κ2) is 4.85. The number of aromatic nitrogens is 1. The summed E-state index contributed by atoms with van der Waals surface area (Å²) in [6.45, 7) is 2.03. The normalized spacial score (nSPS) is 10.7. The number of ether oxygens (including phenoxy) is 1. The number of aromatic amines is 1. The minimum absolute atomic E-state index is 0.000923. The number of benzene rings is 2. The van der Waals surface area contributed by atoms with Crippen molar-refractivity contribution in [2.75, 3.05) is 7.11 Å². The first-order valence-corrected chi connectivity index (χ1v) is 6.45. The van der Waals surface area contributed by atoms with Gasteiger partial charge in [-0.25, -0.2) is 0 Å². The average molecular weight is 265 g/mol. The molecule has 1 aromatic heterocycles. The van der Waals surface area contributed by atoms with Gasteiger partial charge in [0.25, 0.3) is 0 Å². The van der Waals surface area contributed by atoms with Crippen LogP contribution in [0.2, 0.25) is 0 Å². The molecule has 0 saturated heterocycles. The molecule has 0 bridgehead atoms. The smallest absolute Gasteiger partial charge is 0.195 e. The third kappa shape index (κ3) is 2.07. The van der Waals surface area contributed by atoms with E-state index < -0.39 is 0 Å². The van der Waals surface area contributed by atoms with Crippen molar-refractivity contribution in [2.45, 2.75) is 6.92 Å². The Kier molecular flexibility index (Phi) is 3.03. The molecule has 0 aliphatic heterocycles. The number of fused-ring (bicyclic) bond motifs is 1. The van der Waals surface area contributed by atoms with Crippen LogP contribution in [-0.4, -0.2) is 17.9 Å².